The number of carbonyl (C=O) groups excluding carboxylic acids is 1. The number of ether oxygens (including phenoxy) is 1. The molecule has 1 saturated heterocycles. The normalized spacial score (nSPS) is 17.1. The SMILES string of the molecule is COc1ccc(C(=O)N2CCC[C@H](Nc3ccc(N(C)C)nc3)CC2)nn1. The molecule has 0 aromatic carbocycles. The van der Waals surface area contributed by atoms with Crippen LogP contribution in [-0.4, -0.2) is 66.3 Å². The van der Waals surface area contributed by atoms with E-state index in [0.29, 0.717) is 24.2 Å². The predicted octanol–water partition coefficient (Wildman–Crippen LogP) is 2.05. The minimum atomic E-state index is -0.0807. The first-order chi connectivity index (χ1) is 13.1. The molecule has 3 heterocycles. The zero-order valence-corrected chi connectivity index (χ0v) is 16.1. The molecule has 1 aliphatic heterocycles. The number of likely N-dealkylation sites (tertiary alicyclic amines) is 1. The van der Waals surface area contributed by atoms with Gasteiger partial charge in [-0.2, -0.15) is 0 Å². The third-order valence-electron chi connectivity index (χ3n) is 4.66. The Kier molecular flexibility index (Phi) is 6.05. The zero-order chi connectivity index (χ0) is 19.2. The van der Waals surface area contributed by atoms with E-state index >= 15 is 0 Å². The highest BCUT2D eigenvalue weighted by Crippen LogP contribution is 2.19. The van der Waals surface area contributed by atoms with Crippen LogP contribution in [0.3, 0.4) is 0 Å². The first-order valence-corrected chi connectivity index (χ1v) is 9.13. The average molecular weight is 370 g/mol. The van der Waals surface area contributed by atoms with E-state index in [1.807, 2.05) is 42.2 Å². The second-order valence-corrected chi connectivity index (χ2v) is 6.82. The molecule has 8 heteroatoms. The first-order valence-electron chi connectivity index (χ1n) is 9.13. The van der Waals surface area contributed by atoms with Gasteiger partial charge in [0, 0.05) is 39.3 Å². The van der Waals surface area contributed by atoms with E-state index in [0.717, 1.165) is 37.3 Å². The molecular weight excluding hydrogens is 344 g/mol. The van der Waals surface area contributed by atoms with Crippen LogP contribution in [0.5, 0.6) is 5.88 Å². The number of methoxy groups -OCH3 is 1. The second-order valence-electron chi connectivity index (χ2n) is 6.82. The Bertz CT molecular complexity index is 748. The van der Waals surface area contributed by atoms with E-state index in [4.69, 9.17) is 4.74 Å². The van der Waals surface area contributed by atoms with Crippen LogP contribution < -0.4 is 15.0 Å². The van der Waals surface area contributed by atoms with Crippen molar-refractivity contribution >= 4 is 17.4 Å². The predicted molar refractivity (Wildman–Crippen MR) is 104 cm³/mol. The maximum atomic E-state index is 12.7. The fourth-order valence-corrected chi connectivity index (χ4v) is 3.12. The summed E-state index contributed by atoms with van der Waals surface area (Å²) in [6.07, 6.45) is 4.69. The van der Waals surface area contributed by atoms with Crippen molar-refractivity contribution in [1.29, 1.82) is 0 Å². The molecule has 2 aromatic heterocycles. The Balaban J connectivity index is 1.57. The molecule has 144 valence electrons. The van der Waals surface area contributed by atoms with Crippen LogP contribution in [0.4, 0.5) is 11.5 Å². The molecule has 27 heavy (non-hydrogen) atoms. The second kappa shape index (κ2) is 8.66. The molecule has 3 rings (SSSR count). The Morgan fingerprint density at radius 2 is 2.04 bits per heavy atom. The number of carbonyl (C=O) groups is 1. The lowest BCUT2D eigenvalue weighted by molar-refractivity contribution is 0.0754. The van der Waals surface area contributed by atoms with Gasteiger partial charge >= 0.3 is 0 Å². The Morgan fingerprint density at radius 1 is 1.19 bits per heavy atom. The van der Waals surface area contributed by atoms with Gasteiger partial charge in [0.1, 0.15) is 5.82 Å². The van der Waals surface area contributed by atoms with Crippen LogP contribution in [0.2, 0.25) is 0 Å². The molecule has 1 aliphatic rings. The summed E-state index contributed by atoms with van der Waals surface area (Å²) in [5.41, 5.74) is 1.36. The van der Waals surface area contributed by atoms with E-state index in [2.05, 4.69) is 20.5 Å². The zero-order valence-electron chi connectivity index (χ0n) is 16.1. The molecule has 1 amide bonds. The summed E-state index contributed by atoms with van der Waals surface area (Å²) in [5.74, 6) is 1.25. The van der Waals surface area contributed by atoms with Crippen molar-refractivity contribution in [3.63, 3.8) is 0 Å². The first kappa shape index (κ1) is 18.9. The van der Waals surface area contributed by atoms with Gasteiger partial charge in [-0.05, 0) is 37.5 Å². The molecule has 1 N–H and O–H groups in total. The molecular formula is C19H26N6O2. The van der Waals surface area contributed by atoms with Gasteiger partial charge in [0.25, 0.3) is 5.91 Å². The van der Waals surface area contributed by atoms with Gasteiger partial charge < -0.3 is 19.9 Å². The molecule has 0 spiro atoms. The standard InChI is InChI=1S/C19H26N6O2/c1-24(2)17-8-6-15(13-20-17)21-14-5-4-11-25(12-10-14)19(26)16-7-9-18(27-3)23-22-16/h6-9,13-14,21H,4-5,10-12H2,1-3H3/t14-/m0/s1. The quantitative estimate of drug-likeness (QED) is 0.862. The number of hydrogen-bond donors (Lipinski definition) is 1. The lowest BCUT2D eigenvalue weighted by Gasteiger charge is -2.21. The van der Waals surface area contributed by atoms with Crippen LogP contribution in [0.1, 0.15) is 29.8 Å². The number of rotatable bonds is 5. The fourth-order valence-electron chi connectivity index (χ4n) is 3.12. The van der Waals surface area contributed by atoms with E-state index in [-0.39, 0.29) is 5.91 Å². The van der Waals surface area contributed by atoms with Crippen molar-refractivity contribution in [3.05, 3.63) is 36.2 Å². The lowest BCUT2D eigenvalue weighted by atomic mass is 10.1. The van der Waals surface area contributed by atoms with Crippen LogP contribution in [0.15, 0.2) is 30.5 Å². The van der Waals surface area contributed by atoms with Crippen LogP contribution in [-0.2, 0) is 0 Å². The van der Waals surface area contributed by atoms with Crippen LogP contribution in [0.25, 0.3) is 0 Å². The van der Waals surface area contributed by atoms with Gasteiger partial charge in [-0.3, -0.25) is 4.79 Å². The van der Waals surface area contributed by atoms with Crippen molar-refractivity contribution in [1.82, 2.24) is 20.1 Å². The lowest BCUT2D eigenvalue weighted by Crippen LogP contribution is -2.33. The third-order valence-corrected chi connectivity index (χ3v) is 4.66. The summed E-state index contributed by atoms with van der Waals surface area (Å²) >= 11 is 0. The summed E-state index contributed by atoms with van der Waals surface area (Å²) in [5, 5.41) is 11.4. The highest BCUT2D eigenvalue weighted by Gasteiger charge is 2.22. The van der Waals surface area contributed by atoms with Crippen molar-refractivity contribution in [2.24, 2.45) is 0 Å². The van der Waals surface area contributed by atoms with Gasteiger partial charge in [0.2, 0.25) is 5.88 Å². The monoisotopic (exact) mass is 370 g/mol. The summed E-state index contributed by atoms with van der Waals surface area (Å²) < 4.78 is 4.99. The van der Waals surface area contributed by atoms with E-state index < -0.39 is 0 Å². The minimum absolute atomic E-state index is 0.0807. The molecule has 1 atom stereocenters. The van der Waals surface area contributed by atoms with E-state index in [9.17, 15) is 4.79 Å². The van der Waals surface area contributed by atoms with Crippen molar-refractivity contribution < 1.29 is 9.53 Å². The van der Waals surface area contributed by atoms with Gasteiger partial charge in [-0.15, -0.1) is 10.2 Å². The fraction of sp³-hybridized carbons (Fsp3) is 0.474. The topological polar surface area (TPSA) is 83.5 Å². The largest absolute Gasteiger partial charge is 0.480 e. The molecule has 8 nitrogen and oxygen atoms in total. The molecule has 0 aliphatic carbocycles. The molecule has 0 bridgehead atoms. The number of nitrogens with zero attached hydrogens (tertiary/aromatic N) is 5. The maximum Gasteiger partial charge on any atom is 0.274 e. The van der Waals surface area contributed by atoms with Crippen molar-refractivity contribution in [2.45, 2.75) is 25.3 Å². The van der Waals surface area contributed by atoms with E-state index in [1.165, 1.54) is 7.11 Å². The summed E-state index contributed by atoms with van der Waals surface area (Å²) in [4.78, 5) is 20.9. The third kappa shape index (κ3) is 4.84. The summed E-state index contributed by atoms with van der Waals surface area (Å²) in [7, 11) is 5.47. The molecule has 1 fully saturated rings. The van der Waals surface area contributed by atoms with Crippen molar-refractivity contribution in [2.75, 3.05) is 44.5 Å². The smallest absolute Gasteiger partial charge is 0.274 e. The number of nitrogens with one attached hydrogen (secondary N) is 1. The number of anilines is 2. The highest BCUT2D eigenvalue weighted by molar-refractivity contribution is 5.92. The minimum Gasteiger partial charge on any atom is -0.480 e. The van der Waals surface area contributed by atoms with Crippen LogP contribution >= 0.6 is 0 Å². The number of pyridine rings is 1. The average Bonchev–Trinajstić information content (AvgIpc) is 2.93. The number of amides is 1. The van der Waals surface area contributed by atoms with Gasteiger partial charge in [-0.25, -0.2) is 4.98 Å². The Morgan fingerprint density at radius 3 is 2.67 bits per heavy atom. The maximum absolute atomic E-state index is 12.7. The highest BCUT2D eigenvalue weighted by atomic mass is 16.5. The molecule has 0 saturated carbocycles. The van der Waals surface area contributed by atoms with Gasteiger partial charge in [-0.1, -0.05) is 0 Å². The molecule has 0 radical (unpaired) electrons. The summed E-state index contributed by atoms with van der Waals surface area (Å²) in [6.45, 7) is 1.41. The Labute approximate surface area is 159 Å². The van der Waals surface area contributed by atoms with Crippen molar-refractivity contribution in [3.8, 4) is 5.88 Å². The molecule has 0 unspecified atom stereocenters. The summed E-state index contributed by atoms with van der Waals surface area (Å²) in [6, 6.07) is 7.68. The van der Waals surface area contributed by atoms with Crippen LogP contribution in [0, 0.1) is 0 Å². The molecule has 2 aromatic rings. The van der Waals surface area contributed by atoms with E-state index in [1.54, 1.807) is 12.1 Å². The number of hydrogen-bond acceptors (Lipinski definition) is 7. The van der Waals surface area contributed by atoms with Gasteiger partial charge in [0.15, 0.2) is 5.69 Å². The Hall–Kier alpha value is -2.90. The van der Waals surface area contributed by atoms with Gasteiger partial charge in [0.05, 0.1) is 19.0 Å². The number of aromatic nitrogens is 3.